The third-order valence-corrected chi connectivity index (χ3v) is 5.64. The first-order valence-corrected chi connectivity index (χ1v) is 10.5. The molecule has 3 atom stereocenters. The molecule has 0 saturated heterocycles. The van der Waals surface area contributed by atoms with Crippen molar-refractivity contribution in [2.75, 3.05) is 19.8 Å². The van der Waals surface area contributed by atoms with Crippen molar-refractivity contribution in [1.29, 1.82) is 0 Å². The molecular formula is C22H26F3NO6. The predicted molar refractivity (Wildman–Crippen MR) is 106 cm³/mol. The molecule has 0 aromatic carbocycles. The summed E-state index contributed by atoms with van der Waals surface area (Å²) in [4.78, 5) is 28.9. The molecule has 10 heteroatoms. The molecule has 7 nitrogen and oxygen atoms in total. The fourth-order valence-electron chi connectivity index (χ4n) is 4.07. The van der Waals surface area contributed by atoms with E-state index in [0.717, 1.165) is 6.07 Å². The van der Waals surface area contributed by atoms with Gasteiger partial charge in [-0.05, 0) is 45.2 Å². The van der Waals surface area contributed by atoms with E-state index < -0.39 is 35.5 Å². The monoisotopic (exact) mass is 457 g/mol. The van der Waals surface area contributed by atoms with Gasteiger partial charge in [-0.3, -0.25) is 9.59 Å². The summed E-state index contributed by atoms with van der Waals surface area (Å²) in [6.07, 6.45) is -3.59. The van der Waals surface area contributed by atoms with E-state index in [2.05, 4.69) is 4.98 Å². The average molecular weight is 457 g/mol. The van der Waals surface area contributed by atoms with Gasteiger partial charge in [0.2, 0.25) is 0 Å². The molecule has 3 rings (SSSR count). The molecule has 0 amide bonds. The van der Waals surface area contributed by atoms with E-state index in [1.807, 2.05) is 6.92 Å². The average Bonchev–Trinajstić information content (AvgIpc) is 3.19. The molecule has 2 aliphatic rings. The van der Waals surface area contributed by atoms with Crippen molar-refractivity contribution in [2.45, 2.75) is 52.2 Å². The van der Waals surface area contributed by atoms with Crippen molar-refractivity contribution >= 4 is 17.3 Å². The van der Waals surface area contributed by atoms with Crippen LogP contribution in [-0.2, 0) is 36.6 Å². The van der Waals surface area contributed by atoms with Gasteiger partial charge in [-0.25, -0.2) is 4.98 Å². The number of hydrogen-bond donors (Lipinski definition) is 1. The fraction of sp³-hybridized carbons (Fsp3) is 0.591. The van der Waals surface area contributed by atoms with Crippen molar-refractivity contribution in [2.24, 2.45) is 11.8 Å². The number of carbonyl (C=O) groups excluding carboxylic acids is 2. The van der Waals surface area contributed by atoms with Gasteiger partial charge in [-0.2, -0.15) is 13.2 Å². The molecule has 1 aromatic rings. The first-order valence-electron chi connectivity index (χ1n) is 10.5. The second kappa shape index (κ2) is 10.1. The minimum Gasteiger partial charge on any atom is -0.506 e. The predicted octanol–water partition coefficient (Wildman–Crippen LogP) is 3.85. The maximum atomic E-state index is 13.2. The van der Waals surface area contributed by atoms with Crippen molar-refractivity contribution in [3.05, 3.63) is 34.7 Å². The Hall–Kier alpha value is -2.30. The van der Waals surface area contributed by atoms with Crippen LogP contribution in [0.4, 0.5) is 13.2 Å². The number of rotatable bonds is 9. The van der Waals surface area contributed by atoms with Crippen molar-refractivity contribution in [3.63, 3.8) is 0 Å². The van der Waals surface area contributed by atoms with Gasteiger partial charge in [-0.15, -0.1) is 0 Å². The lowest BCUT2D eigenvalue weighted by atomic mass is 9.81. The molecule has 2 saturated carbocycles. The van der Waals surface area contributed by atoms with Crippen LogP contribution in [0.3, 0.4) is 0 Å². The molecule has 176 valence electrons. The Bertz CT molecular complexity index is 874. The Morgan fingerprint density at radius 3 is 2.41 bits per heavy atom. The molecule has 0 aliphatic heterocycles. The molecule has 3 unspecified atom stereocenters. The Morgan fingerprint density at radius 2 is 1.81 bits per heavy atom. The van der Waals surface area contributed by atoms with Crippen LogP contribution in [0.25, 0.3) is 5.76 Å². The van der Waals surface area contributed by atoms with Crippen LogP contribution < -0.4 is 0 Å². The zero-order valence-electron chi connectivity index (χ0n) is 17.9. The van der Waals surface area contributed by atoms with E-state index in [9.17, 15) is 27.9 Å². The molecular weight excluding hydrogens is 431 g/mol. The number of halogens is 3. The molecule has 2 bridgehead atoms. The maximum Gasteiger partial charge on any atom is 0.433 e. The minimum atomic E-state index is -4.71. The summed E-state index contributed by atoms with van der Waals surface area (Å²) in [6, 6.07) is 1.72. The zero-order valence-corrected chi connectivity index (χ0v) is 17.9. The lowest BCUT2D eigenvalue weighted by Crippen LogP contribution is -2.30. The van der Waals surface area contributed by atoms with E-state index in [1.165, 1.54) is 0 Å². The van der Waals surface area contributed by atoms with E-state index >= 15 is 0 Å². The van der Waals surface area contributed by atoms with Crippen LogP contribution in [-0.4, -0.2) is 47.8 Å². The summed E-state index contributed by atoms with van der Waals surface area (Å²) in [5, 5.41) is 10.8. The quantitative estimate of drug-likeness (QED) is 0.198. The van der Waals surface area contributed by atoms with Crippen molar-refractivity contribution < 1.29 is 42.1 Å². The summed E-state index contributed by atoms with van der Waals surface area (Å²) in [5.74, 6) is -2.27. The molecule has 1 heterocycles. The van der Waals surface area contributed by atoms with Gasteiger partial charge in [-0.1, -0.05) is 0 Å². The Balaban J connectivity index is 1.83. The topological polar surface area (TPSA) is 94.9 Å². The number of ether oxygens (including phenoxy) is 3. The van der Waals surface area contributed by atoms with Gasteiger partial charge in [0, 0.05) is 24.0 Å². The van der Waals surface area contributed by atoms with Gasteiger partial charge < -0.3 is 19.3 Å². The standard InChI is InChI=1S/C22H26F3NO6/c1-3-31-12(2)32-9-8-30-11-16-15(6-7-17(26-16)22(23,24)25)21(29)18-19(27)13-4-5-14(10-13)20(18)28/h6-7,12-14,29H,3-5,8-11H2,1-2H3. The second-order valence-corrected chi connectivity index (χ2v) is 7.79. The number of aliphatic hydroxyl groups is 1. The number of alkyl halides is 3. The van der Waals surface area contributed by atoms with Gasteiger partial charge in [0.05, 0.1) is 25.5 Å². The number of nitrogens with zero attached hydrogens (tertiary/aromatic N) is 1. The Morgan fingerprint density at radius 1 is 1.16 bits per heavy atom. The molecule has 1 aromatic heterocycles. The number of aliphatic hydroxyl groups excluding tert-OH is 1. The third-order valence-electron chi connectivity index (χ3n) is 5.64. The van der Waals surface area contributed by atoms with E-state index in [1.54, 1.807) is 6.92 Å². The molecule has 0 spiro atoms. The van der Waals surface area contributed by atoms with Gasteiger partial charge in [0.1, 0.15) is 17.0 Å². The van der Waals surface area contributed by atoms with Gasteiger partial charge in [0.25, 0.3) is 0 Å². The molecule has 2 fully saturated rings. The number of allylic oxidation sites excluding steroid dienone is 1. The van der Waals surface area contributed by atoms with E-state index in [4.69, 9.17) is 14.2 Å². The number of ketones is 2. The number of fused-ring (bicyclic) bond motifs is 2. The van der Waals surface area contributed by atoms with Crippen LogP contribution in [0.15, 0.2) is 17.7 Å². The Kier molecular flexibility index (Phi) is 7.68. The summed E-state index contributed by atoms with van der Waals surface area (Å²) in [5.41, 5.74) is -1.86. The number of hydrogen-bond acceptors (Lipinski definition) is 7. The zero-order chi connectivity index (χ0) is 23.5. The molecule has 0 radical (unpaired) electrons. The summed E-state index contributed by atoms with van der Waals surface area (Å²) in [7, 11) is 0. The SMILES string of the molecule is CCOC(C)OCCOCc1nc(C(F)(F)F)ccc1C(O)=C1C(=O)C2CCC(C2)C1=O. The summed E-state index contributed by atoms with van der Waals surface area (Å²) < 4.78 is 55.4. The van der Waals surface area contributed by atoms with E-state index in [-0.39, 0.29) is 48.5 Å². The lowest BCUT2D eigenvalue weighted by Gasteiger charge is -2.21. The molecule has 32 heavy (non-hydrogen) atoms. The maximum absolute atomic E-state index is 13.2. The third kappa shape index (κ3) is 5.36. The second-order valence-electron chi connectivity index (χ2n) is 7.79. The number of Topliss-reactive ketones (excluding diaryl/α,β-unsaturated/α-hetero) is 2. The minimum absolute atomic E-state index is 0.0358. The van der Waals surface area contributed by atoms with Gasteiger partial charge >= 0.3 is 6.18 Å². The highest BCUT2D eigenvalue weighted by molar-refractivity contribution is 6.27. The number of aromatic nitrogens is 1. The van der Waals surface area contributed by atoms with Crippen LogP contribution in [0.5, 0.6) is 0 Å². The summed E-state index contributed by atoms with van der Waals surface area (Å²) in [6.45, 7) is 3.76. The molecule has 2 aliphatic carbocycles. The van der Waals surface area contributed by atoms with Crippen LogP contribution in [0.2, 0.25) is 0 Å². The first kappa shape index (κ1) is 24.3. The van der Waals surface area contributed by atoms with Crippen LogP contribution >= 0.6 is 0 Å². The highest BCUT2D eigenvalue weighted by Gasteiger charge is 2.45. The van der Waals surface area contributed by atoms with Gasteiger partial charge in [0.15, 0.2) is 17.9 Å². The van der Waals surface area contributed by atoms with Crippen LogP contribution in [0.1, 0.15) is 50.1 Å². The number of pyridine rings is 1. The Labute approximate surface area is 183 Å². The normalized spacial score (nSPS) is 21.8. The first-order chi connectivity index (χ1) is 15.1. The largest absolute Gasteiger partial charge is 0.506 e. The smallest absolute Gasteiger partial charge is 0.433 e. The van der Waals surface area contributed by atoms with E-state index in [0.29, 0.717) is 31.9 Å². The molecule has 1 N–H and O–H groups in total. The number of carbonyl (C=O) groups is 2. The fourth-order valence-corrected chi connectivity index (χ4v) is 4.07. The highest BCUT2D eigenvalue weighted by Crippen LogP contribution is 2.42. The van der Waals surface area contributed by atoms with Crippen LogP contribution in [0, 0.1) is 11.8 Å². The lowest BCUT2D eigenvalue weighted by molar-refractivity contribution is -0.142. The van der Waals surface area contributed by atoms with Crippen molar-refractivity contribution in [3.8, 4) is 0 Å². The summed E-state index contributed by atoms with van der Waals surface area (Å²) >= 11 is 0. The highest BCUT2D eigenvalue weighted by atomic mass is 19.4. The van der Waals surface area contributed by atoms with Crippen molar-refractivity contribution in [1.82, 2.24) is 4.98 Å².